The van der Waals surface area contributed by atoms with Gasteiger partial charge in [-0.3, -0.25) is 4.79 Å². The first kappa shape index (κ1) is 25.1. The summed E-state index contributed by atoms with van der Waals surface area (Å²) in [5, 5.41) is 4.75. The number of benzene rings is 3. The normalized spacial score (nSPS) is 10.9. The number of hydrogen-bond acceptors (Lipinski definition) is 5. The molecule has 8 heteroatoms. The van der Waals surface area contributed by atoms with Gasteiger partial charge in [0.05, 0.1) is 18.6 Å². The Bertz CT molecular complexity index is 1090. The van der Waals surface area contributed by atoms with Crippen LogP contribution < -0.4 is 14.9 Å². The van der Waals surface area contributed by atoms with E-state index in [0.29, 0.717) is 35.5 Å². The molecule has 33 heavy (non-hydrogen) atoms. The fourth-order valence-corrected chi connectivity index (χ4v) is 4.17. The highest BCUT2D eigenvalue weighted by molar-refractivity contribution is 9.10. The zero-order valence-electron chi connectivity index (χ0n) is 18.1. The number of nitrogens with one attached hydrogen (secondary N) is 1. The molecule has 3 rings (SSSR count). The summed E-state index contributed by atoms with van der Waals surface area (Å²) < 4.78 is 12.7. The van der Waals surface area contributed by atoms with Gasteiger partial charge in [-0.05, 0) is 66.1 Å². The fourth-order valence-electron chi connectivity index (χ4n) is 2.83. The van der Waals surface area contributed by atoms with Crippen molar-refractivity contribution in [1.29, 1.82) is 0 Å². The van der Waals surface area contributed by atoms with E-state index in [1.807, 2.05) is 73.7 Å². The van der Waals surface area contributed by atoms with E-state index in [1.165, 1.54) is 11.8 Å². The van der Waals surface area contributed by atoms with Gasteiger partial charge < -0.3 is 9.47 Å². The number of hydrazone groups is 1. The Morgan fingerprint density at radius 2 is 1.88 bits per heavy atom. The number of carbonyl (C=O) groups excluding carboxylic acids is 1. The summed E-state index contributed by atoms with van der Waals surface area (Å²) in [7, 11) is 0. The molecular formula is C25H24BrClN2O3S. The van der Waals surface area contributed by atoms with Gasteiger partial charge in [-0.25, -0.2) is 5.43 Å². The molecule has 0 saturated carbocycles. The van der Waals surface area contributed by atoms with Crippen molar-refractivity contribution < 1.29 is 14.3 Å². The van der Waals surface area contributed by atoms with Crippen LogP contribution in [0.4, 0.5) is 0 Å². The van der Waals surface area contributed by atoms with Crippen LogP contribution in [0.1, 0.15) is 23.6 Å². The van der Waals surface area contributed by atoms with Gasteiger partial charge in [-0.2, -0.15) is 5.10 Å². The van der Waals surface area contributed by atoms with Gasteiger partial charge in [-0.15, -0.1) is 11.8 Å². The van der Waals surface area contributed by atoms with Gasteiger partial charge >= 0.3 is 0 Å². The largest absolute Gasteiger partial charge is 0.490 e. The molecule has 1 N–H and O–H groups in total. The number of carbonyl (C=O) groups is 1. The lowest BCUT2D eigenvalue weighted by molar-refractivity contribution is -0.118. The van der Waals surface area contributed by atoms with Crippen molar-refractivity contribution >= 4 is 51.4 Å². The van der Waals surface area contributed by atoms with Crippen LogP contribution in [0, 0.1) is 0 Å². The molecule has 0 heterocycles. The molecule has 1 amide bonds. The van der Waals surface area contributed by atoms with Crippen molar-refractivity contribution in [3.8, 4) is 11.5 Å². The van der Waals surface area contributed by atoms with Crippen LogP contribution in [0.2, 0.25) is 5.02 Å². The first-order chi connectivity index (χ1) is 16.0. The Kier molecular flexibility index (Phi) is 10.1. The number of halogens is 2. The van der Waals surface area contributed by atoms with E-state index >= 15 is 0 Å². The van der Waals surface area contributed by atoms with E-state index in [-0.39, 0.29) is 5.91 Å². The molecule has 0 unspecified atom stereocenters. The molecule has 172 valence electrons. The smallest absolute Gasteiger partial charge is 0.250 e. The molecule has 0 radical (unpaired) electrons. The van der Waals surface area contributed by atoms with Crippen molar-refractivity contribution in [1.82, 2.24) is 5.43 Å². The predicted molar refractivity (Wildman–Crippen MR) is 139 cm³/mol. The average molecular weight is 548 g/mol. The van der Waals surface area contributed by atoms with Crippen molar-refractivity contribution in [3.05, 3.63) is 92.9 Å². The number of nitrogens with zero attached hydrogens (tertiary/aromatic N) is 1. The maximum Gasteiger partial charge on any atom is 0.250 e. The highest BCUT2D eigenvalue weighted by atomic mass is 79.9. The summed E-state index contributed by atoms with van der Waals surface area (Å²) >= 11 is 10.9. The summed E-state index contributed by atoms with van der Waals surface area (Å²) in [5.41, 5.74) is 5.52. The van der Waals surface area contributed by atoms with Crippen LogP contribution in [0.15, 0.2) is 76.3 Å². The van der Waals surface area contributed by atoms with Crippen molar-refractivity contribution in [2.45, 2.75) is 19.3 Å². The highest BCUT2D eigenvalue weighted by Crippen LogP contribution is 2.29. The standard InChI is InChI=1S/C25H24BrClN2O3S/c1-2-31-24-13-19(8-11-23(24)32-15-18-6-9-22(27)10-7-18)14-28-29-25(30)17-33-16-20-4-3-5-21(26)12-20/h3-14H,2,15-17H2,1H3,(H,29,30)/b28-14-. The van der Waals surface area contributed by atoms with E-state index in [9.17, 15) is 4.79 Å². The van der Waals surface area contributed by atoms with Crippen LogP contribution in [-0.2, 0) is 17.2 Å². The molecule has 0 saturated heterocycles. The van der Waals surface area contributed by atoms with Gasteiger partial charge in [0.15, 0.2) is 11.5 Å². The van der Waals surface area contributed by atoms with Gasteiger partial charge in [0.2, 0.25) is 5.91 Å². The monoisotopic (exact) mass is 546 g/mol. The van der Waals surface area contributed by atoms with Crippen LogP contribution >= 0.6 is 39.3 Å². The molecule has 0 aliphatic rings. The van der Waals surface area contributed by atoms with Crippen LogP contribution in [0.5, 0.6) is 11.5 Å². The summed E-state index contributed by atoms with van der Waals surface area (Å²) in [5.74, 6) is 2.18. The lowest BCUT2D eigenvalue weighted by Crippen LogP contribution is -2.19. The Morgan fingerprint density at radius 1 is 1.06 bits per heavy atom. The Balaban J connectivity index is 1.50. The predicted octanol–water partition coefficient (Wildman–Crippen LogP) is 6.46. The molecule has 0 atom stereocenters. The lowest BCUT2D eigenvalue weighted by Gasteiger charge is -2.12. The van der Waals surface area contributed by atoms with Crippen LogP contribution in [0.25, 0.3) is 0 Å². The van der Waals surface area contributed by atoms with Crippen molar-refractivity contribution in [3.63, 3.8) is 0 Å². The number of thioether (sulfide) groups is 1. The molecule has 0 bridgehead atoms. The zero-order valence-corrected chi connectivity index (χ0v) is 21.3. The van der Waals surface area contributed by atoms with E-state index < -0.39 is 0 Å². The molecule has 0 spiro atoms. The second kappa shape index (κ2) is 13.3. The summed E-state index contributed by atoms with van der Waals surface area (Å²) in [4.78, 5) is 12.0. The van der Waals surface area contributed by atoms with Gasteiger partial charge in [0.1, 0.15) is 6.61 Å². The van der Waals surface area contributed by atoms with Gasteiger partial charge in [0.25, 0.3) is 0 Å². The SMILES string of the molecule is CCOc1cc(/C=N\NC(=O)CSCc2cccc(Br)c2)ccc1OCc1ccc(Cl)cc1. The van der Waals surface area contributed by atoms with E-state index in [1.54, 1.807) is 6.21 Å². The van der Waals surface area contributed by atoms with E-state index in [0.717, 1.165) is 26.9 Å². The Morgan fingerprint density at radius 3 is 2.64 bits per heavy atom. The third-order valence-electron chi connectivity index (χ3n) is 4.37. The minimum Gasteiger partial charge on any atom is -0.490 e. The quantitative estimate of drug-likeness (QED) is 0.221. The summed E-state index contributed by atoms with van der Waals surface area (Å²) in [6.07, 6.45) is 1.59. The second-order valence-corrected chi connectivity index (χ2v) is 9.31. The van der Waals surface area contributed by atoms with E-state index in [2.05, 4.69) is 26.5 Å². The maximum absolute atomic E-state index is 12.0. The molecule has 0 aliphatic carbocycles. The van der Waals surface area contributed by atoms with Crippen molar-refractivity contribution in [2.75, 3.05) is 12.4 Å². The molecule has 0 aliphatic heterocycles. The van der Waals surface area contributed by atoms with E-state index in [4.69, 9.17) is 21.1 Å². The zero-order chi connectivity index (χ0) is 23.5. The number of amides is 1. The minimum atomic E-state index is -0.154. The molecule has 5 nitrogen and oxygen atoms in total. The Labute approximate surface area is 211 Å². The molecular weight excluding hydrogens is 524 g/mol. The minimum absolute atomic E-state index is 0.154. The van der Waals surface area contributed by atoms with Crippen LogP contribution in [0.3, 0.4) is 0 Å². The molecule has 3 aromatic rings. The number of rotatable bonds is 11. The summed E-state index contributed by atoms with van der Waals surface area (Å²) in [6.45, 7) is 2.82. The second-order valence-electron chi connectivity index (χ2n) is 6.97. The Hall–Kier alpha value is -2.48. The van der Waals surface area contributed by atoms with Crippen molar-refractivity contribution in [2.24, 2.45) is 5.10 Å². The third-order valence-corrected chi connectivity index (χ3v) is 6.12. The topological polar surface area (TPSA) is 59.9 Å². The summed E-state index contributed by atoms with van der Waals surface area (Å²) in [6, 6.07) is 21.1. The average Bonchev–Trinajstić information content (AvgIpc) is 2.80. The molecule has 0 fully saturated rings. The lowest BCUT2D eigenvalue weighted by atomic mass is 10.2. The maximum atomic E-state index is 12.0. The number of ether oxygens (including phenoxy) is 2. The number of hydrogen-bond donors (Lipinski definition) is 1. The first-order valence-corrected chi connectivity index (χ1v) is 12.6. The third kappa shape index (κ3) is 8.76. The fraction of sp³-hybridized carbons (Fsp3) is 0.200. The molecule has 3 aromatic carbocycles. The molecule has 0 aromatic heterocycles. The van der Waals surface area contributed by atoms with Crippen LogP contribution in [-0.4, -0.2) is 24.5 Å². The van der Waals surface area contributed by atoms with Gasteiger partial charge in [0, 0.05) is 15.2 Å². The first-order valence-electron chi connectivity index (χ1n) is 10.3. The van der Waals surface area contributed by atoms with Gasteiger partial charge in [-0.1, -0.05) is 51.8 Å². The highest BCUT2D eigenvalue weighted by Gasteiger charge is 2.07.